The molecule has 0 saturated heterocycles. The van der Waals surface area contributed by atoms with E-state index in [9.17, 15) is 14.4 Å². The minimum atomic E-state index is -0.849. The first kappa shape index (κ1) is 17.2. The van der Waals surface area contributed by atoms with Gasteiger partial charge in [-0.15, -0.1) is 0 Å². The summed E-state index contributed by atoms with van der Waals surface area (Å²) >= 11 is 0. The van der Waals surface area contributed by atoms with Crippen LogP contribution in [0.1, 0.15) is 40.0 Å². The van der Waals surface area contributed by atoms with Gasteiger partial charge in [-0.3, -0.25) is 9.59 Å². The standard InChI is InChI=1S/C12H22N2O5/c1-12(2,3)19-11(18)14-8-9(15)13-7-5-4-6-10(16)17/h4-8H2,1-3H3,(H,13,15)(H,14,18)(H,16,17). The summed E-state index contributed by atoms with van der Waals surface area (Å²) in [6.07, 6.45) is 0.541. The number of carboxylic acids is 1. The number of hydrogen-bond donors (Lipinski definition) is 3. The fourth-order valence-corrected chi connectivity index (χ4v) is 1.16. The molecule has 0 fully saturated rings. The Morgan fingerprint density at radius 2 is 1.74 bits per heavy atom. The van der Waals surface area contributed by atoms with Gasteiger partial charge in [-0.1, -0.05) is 0 Å². The summed E-state index contributed by atoms with van der Waals surface area (Å²) < 4.78 is 4.96. The summed E-state index contributed by atoms with van der Waals surface area (Å²) in [5, 5.41) is 13.3. The van der Waals surface area contributed by atoms with Gasteiger partial charge >= 0.3 is 12.1 Å². The average Bonchev–Trinajstić information content (AvgIpc) is 2.23. The van der Waals surface area contributed by atoms with Gasteiger partial charge in [0.05, 0.1) is 6.54 Å². The first-order chi connectivity index (χ1) is 8.70. The minimum absolute atomic E-state index is 0.0893. The fourth-order valence-electron chi connectivity index (χ4n) is 1.16. The predicted octanol–water partition coefficient (Wildman–Crippen LogP) is 0.882. The van der Waals surface area contributed by atoms with Crippen LogP contribution in [0.25, 0.3) is 0 Å². The van der Waals surface area contributed by atoms with Crippen molar-refractivity contribution in [1.29, 1.82) is 0 Å². The molecule has 0 aromatic carbocycles. The maximum atomic E-state index is 11.3. The fraction of sp³-hybridized carbons (Fsp3) is 0.750. The number of carbonyl (C=O) groups excluding carboxylic acids is 2. The van der Waals surface area contributed by atoms with Crippen molar-refractivity contribution >= 4 is 18.0 Å². The number of nitrogens with one attached hydrogen (secondary N) is 2. The van der Waals surface area contributed by atoms with Crippen molar-refractivity contribution in [1.82, 2.24) is 10.6 Å². The lowest BCUT2D eigenvalue weighted by atomic mass is 10.2. The molecule has 0 unspecified atom stereocenters. The number of ether oxygens (including phenoxy) is 1. The molecular weight excluding hydrogens is 252 g/mol. The lowest BCUT2D eigenvalue weighted by molar-refractivity contribution is -0.137. The van der Waals surface area contributed by atoms with Crippen molar-refractivity contribution in [2.45, 2.75) is 45.6 Å². The molecule has 0 rings (SSSR count). The Hall–Kier alpha value is -1.79. The first-order valence-corrected chi connectivity index (χ1v) is 6.16. The SMILES string of the molecule is CC(C)(C)OC(=O)NCC(=O)NCCCCC(=O)O. The van der Waals surface area contributed by atoms with Gasteiger partial charge in [-0.25, -0.2) is 4.79 Å². The normalized spacial score (nSPS) is 10.7. The predicted molar refractivity (Wildman–Crippen MR) is 68.7 cm³/mol. The van der Waals surface area contributed by atoms with Gasteiger partial charge < -0.3 is 20.5 Å². The monoisotopic (exact) mass is 274 g/mol. The largest absolute Gasteiger partial charge is 0.481 e. The molecule has 0 bridgehead atoms. The Morgan fingerprint density at radius 3 is 2.26 bits per heavy atom. The van der Waals surface area contributed by atoms with Gasteiger partial charge in [0.2, 0.25) is 5.91 Å². The van der Waals surface area contributed by atoms with Gasteiger partial charge in [0.1, 0.15) is 5.60 Å². The summed E-state index contributed by atoms with van der Waals surface area (Å²) in [5.41, 5.74) is -0.600. The smallest absolute Gasteiger partial charge is 0.408 e. The van der Waals surface area contributed by atoms with E-state index >= 15 is 0 Å². The van der Waals surface area contributed by atoms with E-state index in [0.717, 1.165) is 0 Å². The van der Waals surface area contributed by atoms with E-state index in [2.05, 4.69) is 10.6 Å². The molecule has 7 nitrogen and oxygen atoms in total. The maximum absolute atomic E-state index is 11.3. The summed E-state index contributed by atoms with van der Waals surface area (Å²) in [5.74, 6) is -1.18. The van der Waals surface area contributed by atoms with Crippen LogP contribution in [0.15, 0.2) is 0 Å². The van der Waals surface area contributed by atoms with Gasteiger partial charge in [0.15, 0.2) is 0 Å². The highest BCUT2D eigenvalue weighted by molar-refractivity contribution is 5.82. The van der Waals surface area contributed by atoms with E-state index in [4.69, 9.17) is 9.84 Å². The van der Waals surface area contributed by atoms with Crippen LogP contribution in [0.2, 0.25) is 0 Å². The highest BCUT2D eigenvalue weighted by Gasteiger charge is 2.16. The van der Waals surface area contributed by atoms with Crippen LogP contribution in [0.4, 0.5) is 4.79 Å². The lowest BCUT2D eigenvalue weighted by Gasteiger charge is -2.19. The first-order valence-electron chi connectivity index (χ1n) is 6.16. The van der Waals surface area contributed by atoms with E-state index in [1.807, 2.05) is 0 Å². The van der Waals surface area contributed by atoms with Crippen molar-refractivity contribution in [3.05, 3.63) is 0 Å². The second-order valence-corrected chi connectivity index (χ2v) is 5.06. The molecule has 19 heavy (non-hydrogen) atoms. The van der Waals surface area contributed by atoms with Crippen LogP contribution >= 0.6 is 0 Å². The summed E-state index contributed by atoms with van der Waals surface area (Å²) in [4.78, 5) is 32.8. The topological polar surface area (TPSA) is 105 Å². The summed E-state index contributed by atoms with van der Waals surface area (Å²) in [6, 6.07) is 0. The molecule has 0 aromatic heterocycles. The number of rotatable bonds is 7. The van der Waals surface area contributed by atoms with Crippen LogP contribution in [-0.2, 0) is 14.3 Å². The zero-order valence-corrected chi connectivity index (χ0v) is 11.6. The molecule has 0 saturated carbocycles. The molecule has 0 spiro atoms. The Bertz CT molecular complexity index is 323. The lowest BCUT2D eigenvalue weighted by Crippen LogP contribution is -2.39. The summed E-state index contributed by atoms with van der Waals surface area (Å²) in [7, 11) is 0. The molecule has 3 N–H and O–H groups in total. The van der Waals surface area contributed by atoms with Crippen LogP contribution < -0.4 is 10.6 Å². The van der Waals surface area contributed by atoms with Crippen LogP contribution in [0, 0.1) is 0 Å². The molecule has 0 aromatic rings. The van der Waals surface area contributed by atoms with Gasteiger partial charge in [-0.2, -0.15) is 0 Å². The Balaban J connectivity index is 3.59. The molecule has 0 atom stereocenters. The summed E-state index contributed by atoms with van der Waals surface area (Å²) in [6.45, 7) is 5.43. The molecule has 2 amide bonds. The molecule has 110 valence electrons. The molecule has 0 aliphatic heterocycles. The Kier molecular flexibility index (Phi) is 7.55. The van der Waals surface area contributed by atoms with Gasteiger partial charge in [0.25, 0.3) is 0 Å². The van der Waals surface area contributed by atoms with E-state index in [1.165, 1.54) is 0 Å². The van der Waals surface area contributed by atoms with E-state index in [1.54, 1.807) is 20.8 Å². The zero-order valence-electron chi connectivity index (χ0n) is 11.6. The Morgan fingerprint density at radius 1 is 1.11 bits per heavy atom. The van der Waals surface area contributed by atoms with Crippen LogP contribution in [0.5, 0.6) is 0 Å². The van der Waals surface area contributed by atoms with Gasteiger partial charge in [0, 0.05) is 13.0 Å². The number of hydrogen-bond acceptors (Lipinski definition) is 4. The third-order valence-corrected chi connectivity index (χ3v) is 1.93. The van der Waals surface area contributed by atoms with Crippen LogP contribution in [0.3, 0.4) is 0 Å². The zero-order chi connectivity index (χ0) is 14.9. The van der Waals surface area contributed by atoms with Gasteiger partial charge in [-0.05, 0) is 33.6 Å². The third kappa shape index (κ3) is 12.5. The molecule has 0 aliphatic rings. The van der Waals surface area contributed by atoms with Crippen molar-refractivity contribution in [3.63, 3.8) is 0 Å². The second kappa shape index (κ2) is 8.34. The van der Waals surface area contributed by atoms with E-state index in [-0.39, 0.29) is 18.9 Å². The molecule has 0 heterocycles. The minimum Gasteiger partial charge on any atom is -0.481 e. The molecule has 0 aliphatic carbocycles. The number of carbonyl (C=O) groups is 3. The highest BCUT2D eigenvalue weighted by atomic mass is 16.6. The second-order valence-electron chi connectivity index (χ2n) is 5.06. The number of amides is 2. The molecule has 7 heteroatoms. The quantitative estimate of drug-likeness (QED) is 0.598. The van der Waals surface area contributed by atoms with Crippen LogP contribution in [-0.4, -0.2) is 41.8 Å². The van der Waals surface area contributed by atoms with E-state index in [0.29, 0.717) is 19.4 Å². The number of alkyl carbamates (subject to hydrolysis) is 1. The molecule has 0 radical (unpaired) electrons. The Labute approximate surface area is 112 Å². The van der Waals surface area contributed by atoms with Crippen molar-refractivity contribution < 1.29 is 24.2 Å². The van der Waals surface area contributed by atoms with Crippen molar-refractivity contribution in [2.75, 3.05) is 13.1 Å². The van der Waals surface area contributed by atoms with E-state index < -0.39 is 17.7 Å². The van der Waals surface area contributed by atoms with Crippen molar-refractivity contribution in [2.24, 2.45) is 0 Å². The number of unbranched alkanes of at least 4 members (excludes halogenated alkanes) is 1. The number of aliphatic carboxylic acids is 1. The average molecular weight is 274 g/mol. The highest BCUT2D eigenvalue weighted by Crippen LogP contribution is 2.05. The van der Waals surface area contributed by atoms with Crippen molar-refractivity contribution in [3.8, 4) is 0 Å². The third-order valence-electron chi connectivity index (χ3n) is 1.93. The molecular formula is C12H22N2O5. The number of carboxylic acid groups (broad SMARTS) is 1. The maximum Gasteiger partial charge on any atom is 0.408 e.